The molecule has 1 fully saturated rings. The second kappa shape index (κ2) is 10.1. The maximum Gasteiger partial charge on any atom is 0.404 e. The van der Waals surface area contributed by atoms with Crippen molar-refractivity contribution >= 4 is 32.7 Å². The number of thioether (sulfide) groups is 1. The summed E-state index contributed by atoms with van der Waals surface area (Å²) >= 11 is 1.18. The van der Waals surface area contributed by atoms with E-state index in [0.717, 1.165) is 31.5 Å². The van der Waals surface area contributed by atoms with E-state index in [1.165, 1.54) is 23.9 Å². The molecule has 1 aromatic carbocycles. The molecular formula is C23H21F5N4O3S2. The maximum absolute atomic E-state index is 13.1. The van der Waals surface area contributed by atoms with Crippen molar-refractivity contribution in [3.05, 3.63) is 36.0 Å². The number of pyridine rings is 1. The smallest absolute Gasteiger partial charge is 0.404 e. The molecule has 3 aromatic rings. The summed E-state index contributed by atoms with van der Waals surface area (Å²) in [6.45, 7) is -2.36. The fraction of sp³-hybridized carbons (Fsp3) is 0.391. The van der Waals surface area contributed by atoms with Crippen LogP contribution in [0.4, 0.5) is 22.0 Å². The van der Waals surface area contributed by atoms with Gasteiger partial charge in [0.05, 0.1) is 27.4 Å². The van der Waals surface area contributed by atoms with Crippen LogP contribution >= 0.6 is 11.8 Å². The number of nitrogens with zero attached hydrogens (tertiary/aromatic N) is 3. The van der Waals surface area contributed by atoms with E-state index < -0.39 is 33.7 Å². The molecule has 7 nitrogen and oxygen atoms in total. The van der Waals surface area contributed by atoms with Gasteiger partial charge in [0, 0.05) is 23.7 Å². The van der Waals surface area contributed by atoms with Gasteiger partial charge in [-0.1, -0.05) is 0 Å². The van der Waals surface area contributed by atoms with Gasteiger partial charge in [-0.25, -0.2) is 8.42 Å². The first-order chi connectivity index (χ1) is 17.4. The molecule has 0 amide bonds. The number of hydrogen-bond acceptors (Lipinski definition) is 6. The predicted molar refractivity (Wildman–Crippen MR) is 127 cm³/mol. The number of nitriles is 1. The largest absolute Gasteiger partial charge is 0.434 e. The van der Waals surface area contributed by atoms with Crippen molar-refractivity contribution in [1.82, 2.24) is 14.3 Å². The fourth-order valence-corrected chi connectivity index (χ4v) is 5.82. The summed E-state index contributed by atoms with van der Waals surface area (Å²) in [7, 11) is -4.52. The van der Waals surface area contributed by atoms with E-state index in [9.17, 15) is 35.6 Å². The summed E-state index contributed by atoms with van der Waals surface area (Å²) in [5, 5.41) is 10.5. The van der Waals surface area contributed by atoms with Crippen LogP contribution < -0.4 is 9.46 Å². The van der Waals surface area contributed by atoms with Gasteiger partial charge >= 0.3 is 12.8 Å². The molecule has 37 heavy (non-hydrogen) atoms. The maximum atomic E-state index is 13.1. The van der Waals surface area contributed by atoms with Gasteiger partial charge in [0.2, 0.25) is 10.0 Å². The summed E-state index contributed by atoms with van der Waals surface area (Å²) in [4.78, 5) is 4.10. The molecule has 2 heterocycles. The van der Waals surface area contributed by atoms with Crippen molar-refractivity contribution in [2.75, 3.05) is 6.26 Å². The number of aromatic nitrogens is 2. The Bertz CT molecular complexity index is 1460. The zero-order valence-corrected chi connectivity index (χ0v) is 21.1. The average molecular weight is 561 g/mol. The molecule has 1 aliphatic rings. The second-order valence-corrected chi connectivity index (χ2v) is 11.0. The van der Waals surface area contributed by atoms with Crippen LogP contribution in [0.2, 0.25) is 0 Å². The Kier molecular flexibility index (Phi) is 7.42. The second-order valence-electron chi connectivity index (χ2n) is 8.45. The van der Waals surface area contributed by atoms with Crippen LogP contribution in [0, 0.1) is 11.3 Å². The normalized spacial score (nSPS) is 15.5. The number of nitrogens with one attached hydrogen (secondary N) is 1. The summed E-state index contributed by atoms with van der Waals surface area (Å²) in [5.74, 6) is -0.0385. The monoisotopic (exact) mass is 560 g/mol. The van der Waals surface area contributed by atoms with E-state index in [-0.39, 0.29) is 23.0 Å². The molecule has 1 atom stereocenters. The van der Waals surface area contributed by atoms with Crippen molar-refractivity contribution in [2.45, 2.75) is 60.8 Å². The van der Waals surface area contributed by atoms with Crippen LogP contribution in [0.5, 0.6) is 5.75 Å². The lowest BCUT2D eigenvalue weighted by molar-refractivity contribution is -0.147. The molecule has 0 radical (unpaired) electrons. The lowest BCUT2D eigenvalue weighted by Crippen LogP contribution is -2.42. The Morgan fingerprint density at radius 3 is 2.46 bits per heavy atom. The Labute approximate surface area is 213 Å². The first kappa shape index (κ1) is 27.2. The highest BCUT2D eigenvalue weighted by molar-refractivity contribution is 7.98. The minimum Gasteiger partial charge on any atom is -0.434 e. The molecule has 1 N–H and O–H groups in total. The van der Waals surface area contributed by atoms with Crippen LogP contribution in [0.3, 0.4) is 0 Å². The number of rotatable bonds is 8. The van der Waals surface area contributed by atoms with E-state index in [1.807, 2.05) is 4.57 Å². The first-order valence-electron chi connectivity index (χ1n) is 11.0. The van der Waals surface area contributed by atoms with Crippen LogP contribution in [0.25, 0.3) is 22.3 Å². The number of hydrogen-bond donors (Lipinski definition) is 1. The van der Waals surface area contributed by atoms with Gasteiger partial charge in [0.1, 0.15) is 22.8 Å². The lowest BCUT2D eigenvalue weighted by Gasteiger charge is -2.30. The van der Waals surface area contributed by atoms with Crippen molar-refractivity contribution in [1.29, 1.82) is 5.26 Å². The molecule has 0 saturated heterocycles. The number of alkyl halides is 5. The number of ether oxygens (including phenoxy) is 1. The number of fused-ring (bicyclic) bond motifs is 1. The Balaban J connectivity index is 1.85. The topological polar surface area (TPSA) is 97.0 Å². The summed E-state index contributed by atoms with van der Waals surface area (Å²) in [5.41, 5.74) is 1.28. The van der Waals surface area contributed by atoms with Gasteiger partial charge in [0.25, 0.3) is 0 Å². The SMILES string of the molecule is CSc1cc2c(C#N)c(-c3ccc(S(=O)(=O)NC(C)C(F)(F)F)cn3)n(C3CCC3)c2cc1OC(F)F. The van der Waals surface area contributed by atoms with Crippen LogP contribution in [-0.4, -0.2) is 43.1 Å². The molecule has 1 aliphatic carbocycles. The van der Waals surface area contributed by atoms with E-state index in [2.05, 4.69) is 11.1 Å². The Morgan fingerprint density at radius 2 is 1.97 bits per heavy atom. The van der Waals surface area contributed by atoms with Gasteiger partial charge in [0.15, 0.2) is 0 Å². The van der Waals surface area contributed by atoms with E-state index in [0.29, 0.717) is 28.4 Å². The highest BCUT2D eigenvalue weighted by atomic mass is 32.2. The summed E-state index contributed by atoms with van der Waals surface area (Å²) in [6.07, 6.45) is 0.287. The molecule has 4 rings (SSSR count). The van der Waals surface area contributed by atoms with Gasteiger partial charge in [-0.05, 0) is 50.6 Å². The van der Waals surface area contributed by atoms with Crippen LogP contribution in [0.1, 0.15) is 37.8 Å². The third-order valence-electron chi connectivity index (χ3n) is 6.17. The van der Waals surface area contributed by atoms with E-state index in [4.69, 9.17) is 4.74 Å². The first-order valence-corrected chi connectivity index (χ1v) is 13.7. The van der Waals surface area contributed by atoms with Crippen molar-refractivity contribution in [3.8, 4) is 23.2 Å². The van der Waals surface area contributed by atoms with Gasteiger partial charge in [-0.3, -0.25) is 4.98 Å². The molecular weight excluding hydrogens is 539 g/mol. The van der Waals surface area contributed by atoms with Crippen LogP contribution in [-0.2, 0) is 10.0 Å². The quantitative estimate of drug-likeness (QED) is 0.274. The minimum absolute atomic E-state index is 0.0385. The standard InChI is InChI=1S/C23H21F5N4O3S2/c1-12(23(26,27)28)31-37(33,34)14-6-7-17(30-11-14)21-16(10-29)15-8-20(36-2)19(35-22(24)25)9-18(15)32(21)13-4-3-5-13/h6-9,11-13,22,31H,3-5H2,1-2H3. The zero-order chi connectivity index (χ0) is 27.1. The van der Waals surface area contributed by atoms with Gasteiger partial charge in [-0.15, -0.1) is 11.8 Å². The van der Waals surface area contributed by atoms with Crippen molar-refractivity contribution in [3.63, 3.8) is 0 Å². The Hall–Kier alpha value is -2.89. The number of sulfonamides is 1. The fourth-order valence-electron chi connectivity index (χ4n) is 4.10. The van der Waals surface area contributed by atoms with Crippen molar-refractivity contribution < 1.29 is 35.1 Å². The highest BCUT2D eigenvalue weighted by Crippen LogP contribution is 2.45. The molecule has 2 aromatic heterocycles. The molecule has 0 bridgehead atoms. The van der Waals surface area contributed by atoms with Gasteiger partial charge < -0.3 is 9.30 Å². The Morgan fingerprint density at radius 1 is 1.27 bits per heavy atom. The minimum atomic E-state index is -4.77. The molecule has 0 aliphatic heterocycles. The third kappa shape index (κ3) is 5.25. The number of halogens is 5. The lowest BCUT2D eigenvalue weighted by atomic mass is 9.92. The average Bonchev–Trinajstić information content (AvgIpc) is 3.09. The number of benzene rings is 1. The summed E-state index contributed by atoms with van der Waals surface area (Å²) in [6, 6.07) is 5.25. The molecule has 14 heteroatoms. The van der Waals surface area contributed by atoms with Crippen molar-refractivity contribution in [2.24, 2.45) is 0 Å². The van der Waals surface area contributed by atoms with Crippen LogP contribution in [0.15, 0.2) is 40.3 Å². The molecule has 198 valence electrons. The molecule has 1 saturated carbocycles. The molecule has 0 spiro atoms. The zero-order valence-electron chi connectivity index (χ0n) is 19.5. The van der Waals surface area contributed by atoms with E-state index in [1.54, 1.807) is 17.0 Å². The molecule has 1 unspecified atom stereocenters. The summed E-state index contributed by atoms with van der Waals surface area (Å²) < 4.78 is 97.6. The predicted octanol–water partition coefficient (Wildman–Crippen LogP) is 5.85. The van der Waals surface area contributed by atoms with Gasteiger partial charge in [-0.2, -0.15) is 31.9 Å². The van der Waals surface area contributed by atoms with E-state index >= 15 is 0 Å². The third-order valence-corrected chi connectivity index (χ3v) is 8.45. The highest BCUT2D eigenvalue weighted by Gasteiger charge is 2.39.